The summed E-state index contributed by atoms with van der Waals surface area (Å²) in [5.74, 6) is 1.88. The second-order valence-electron chi connectivity index (χ2n) is 6.93. The number of aryl methyl sites for hydroxylation is 2. The number of nitriles is 1. The third-order valence-electron chi connectivity index (χ3n) is 5.19. The summed E-state index contributed by atoms with van der Waals surface area (Å²) in [6.07, 6.45) is 5.79. The van der Waals surface area contributed by atoms with Gasteiger partial charge in [-0.15, -0.1) is 11.3 Å². The minimum atomic E-state index is -0.186. The normalized spacial score (nSPS) is 15.2. The topological polar surface area (TPSA) is 97.2 Å². The lowest BCUT2D eigenvalue weighted by molar-refractivity contribution is 0.171. The zero-order valence-corrected chi connectivity index (χ0v) is 16.5. The van der Waals surface area contributed by atoms with Crippen molar-refractivity contribution >= 4 is 33.2 Å². The molecule has 1 aliphatic carbocycles. The first-order chi connectivity index (χ1) is 14.2. The fourth-order valence-electron chi connectivity index (χ4n) is 3.84. The third kappa shape index (κ3) is 2.95. The molecule has 0 saturated carbocycles. The maximum atomic E-state index is 12.8. The molecule has 29 heavy (non-hydrogen) atoms. The van der Waals surface area contributed by atoms with E-state index < -0.39 is 0 Å². The zero-order valence-electron chi connectivity index (χ0n) is 15.7. The molecule has 7 nitrogen and oxygen atoms in total. The van der Waals surface area contributed by atoms with Crippen molar-refractivity contribution in [1.29, 1.82) is 5.26 Å². The standard InChI is InChI=1S/C21H17N3O4S/c1-26-14-7-11(8-15-18(14)28-10-27-15)6-12(9-22)19-23-20(25)17-13-4-2-3-5-16(13)29-21(17)24-19/h6-8H,2-5,10H2,1H3,(H,23,24,25)/b12-6+. The number of hydrogen-bond donors (Lipinski definition) is 1. The minimum Gasteiger partial charge on any atom is -0.493 e. The van der Waals surface area contributed by atoms with E-state index in [1.165, 1.54) is 4.88 Å². The molecule has 0 radical (unpaired) electrons. The molecule has 2 aliphatic rings. The first-order valence-corrected chi connectivity index (χ1v) is 10.1. The maximum Gasteiger partial charge on any atom is 0.260 e. The highest BCUT2D eigenvalue weighted by molar-refractivity contribution is 7.18. The van der Waals surface area contributed by atoms with Gasteiger partial charge in [-0.2, -0.15) is 5.26 Å². The van der Waals surface area contributed by atoms with Crippen LogP contribution in [-0.4, -0.2) is 23.9 Å². The Bertz CT molecular complexity index is 1270. The summed E-state index contributed by atoms with van der Waals surface area (Å²) in [7, 11) is 1.54. The smallest absolute Gasteiger partial charge is 0.260 e. The summed E-state index contributed by atoms with van der Waals surface area (Å²) in [5, 5.41) is 10.4. The van der Waals surface area contributed by atoms with Crippen molar-refractivity contribution in [3.63, 3.8) is 0 Å². The first-order valence-electron chi connectivity index (χ1n) is 9.32. The number of fused-ring (bicyclic) bond motifs is 4. The van der Waals surface area contributed by atoms with Crippen molar-refractivity contribution in [2.24, 2.45) is 0 Å². The number of nitrogens with zero attached hydrogens (tertiary/aromatic N) is 2. The average molecular weight is 407 g/mol. The van der Waals surface area contributed by atoms with E-state index in [2.05, 4.69) is 16.0 Å². The van der Waals surface area contributed by atoms with Gasteiger partial charge >= 0.3 is 0 Å². The molecule has 3 heterocycles. The molecule has 0 unspecified atom stereocenters. The molecule has 0 atom stereocenters. The number of hydrogen-bond acceptors (Lipinski definition) is 7. The van der Waals surface area contributed by atoms with Crippen molar-refractivity contribution in [1.82, 2.24) is 9.97 Å². The van der Waals surface area contributed by atoms with Gasteiger partial charge in [0.2, 0.25) is 12.5 Å². The van der Waals surface area contributed by atoms with Crippen LogP contribution >= 0.6 is 11.3 Å². The Kier molecular flexibility index (Phi) is 4.25. The molecule has 146 valence electrons. The first kappa shape index (κ1) is 17.8. The van der Waals surface area contributed by atoms with Crippen LogP contribution in [0.25, 0.3) is 21.9 Å². The zero-order chi connectivity index (χ0) is 20.0. The molecule has 1 aromatic carbocycles. The molecule has 5 rings (SSSR count). The summed E-state index contributed by atoms with van der Waals surface area (Å²) in [5.41, 5.74) is 1.89. The molecule has 3 aromatic rings. The summed E-state index contributed by atoms with van der Waals surface area (Å²) < 4.78 is 16.2. The van der Waals surface area contributed by atoms with Gasteiger partial charge in [-0.05, 0) is 55.0 Å². The van der Waals surface area contributed by atoms with E-state index >= 15 is 0 Å². The molecule has 2 aromatic heterocycles. The molecular weight excluding hydrogens is 390 g/mol. The van der Waals surface area contributed by atoms with Crippen LogP contribution in [0.5, 0.6) is 17.2 Å². The summed E-state index contributed by atoms with van der Waals surface area (Å²) in [4.78, 5) is 22.1. The molecule has 0 spiro atoms. The van der Waals surface area contributed by atoms with E-state index in [0.717, 1.165) is 31.2 Å². The predicted molar refractivity (Wildman–Crippen MR) is 109 cm³/mol. The Morgan fingerprint density at radius 2 is 2.21 bits per heavy atom. The van der Waals surface area contributed by atoms with Crippen molar-refractivity contribution in [2.75, 3.05) is 13.9 Å². The van der Waals surface area contributed by atoms with Gasteiger partial charge in [0, 0.05) is 4.88 Å². The number of aromatic nitrogens is 2. The van der Waals surface area contributed by atoms with E-state index in [0.29, 0.717) is 33.0 Å². The van der Waals surface area contributed by atoms with E-state index in [1.54, 1.807) is 36.7 Å². The van der Waals surface area contributed by atoms with Gasteiger partial charge < -0.3 is 19.2 Å². The number of benzene rings is 1. The van der Waals surface area contributed by atoms with Gasteiger partial charge in [0.15, 0.2) is 17.3 Å². The number of thiophene rings is 1. The number of aromatic amines is 1. The van der Waals surface area contributed by atoms with Crippen LogP contribution in [0.4, 0.5) is 0 Å². The monoisotopic (exact) mass is 407 g/mol. The Balaban J connectivity index is 1.62. The number of H-pyrrole nitrogens is 1. The molecular formula is C21H17N3O4S. The molecule has 0 amide bonds. The van der Waals surface area contributed by atoms with Gasteiger partial charge in [0.05, 0.1) is 18.1 Å². The fourth-order valence-corrected chi connectivity index (χ4v) is 5.11. The minimum absolute atomic E-state index is 0.124. The number of rotatable bonds is 3. The van der Waals surface area contributed by atoms with E-state index in [1.807, 2.05) is 0 Å². The number of nitrogens with one attached hydrogen (secondary N) is 1. The lowest BCUT2D eigenvalue weighted by atomic mass is 9.97. The second-order valence-corrected chi connectivity index (χ2v) is 8.02. The Morgan fingerprint density at radius 3 is 3.03 bits per heavy atom. The van der Waals surface area contributed by atoms with Crippen LogP contribution < -0.4 is 19.8 Å². The molecule has 0 fully saturated rings. The molecule has 1 aliphatic heterocycles. The average Bonchev–Trinajstić information content (AvgIpc) is 3.35. The lowest BCUT2D eigenvalue weighted by Crippen LogP contribution is -2.12. The number of methoxy groups -OCH3 is 1. The second kappa shape index (κ2) is 6.94. The quantitative estimate of drug-likeness (QED) is 0.666. The van der Waals surface area contributed by atoms with Crippen molar-refractivity contribution in [3.05, 3.63) is 44.3 Å². The molecule has 0 saturated heterocycles. The van der Waals surface area contributed by atoms with Crippen LogP contribution in [0.15, 0.2) is 16.9 Å². The highest BCUT2D eigenvalue weighted by atomic mass is 32.1. The van der Waals surface area contributed by atoms with Gasteiger partial charge in [0.25, 0.3) is 5.56 Å². The van der Waals surface area contributed by atoms with E-state index in [-0.39, 0.29) is 23.7 Å². The number of allylic oxidation sites excluding steroid dienone is 1. The summed E-state index contributed by atoms with van der Waals surface area (Å²) >= 11 is 1.56. The maximum absolute atomic E-state index is 12.8. The van der Waals surface area contributed by atoms with Crippen LogP contribution in [0.3, 0.4) is 0 Å². The van der Waals surface area contributed by atoms with Gasteiger partial charge in [-0.3, -0.25) is 4.79 Å². The van der Waals surface area contributed by atoms with Crippen molar-refractivity contribution < 1.29 is 14.2 Å². The highest BCUT2D eigenvalue weighted by Crippen LogP contribution is 2.42. The number of ether oxygens (including phenoxy) is 3. The van der Waals surface area contributed by atoms with Gasteiger partial charge in [0.1, 0.15) is 10.9 Å². The van der Waals surface area contributed by atoms with E-state index in [9.17, 15) is 10.1 Å². The van der Waals surface area contributed by atoms with Crippen molar-refractivity contribution in [2.45, 2.75) is 25.7 Å². The van der Waals surface area contributed by atoms with Gasteiger partial charge in [-0.25, -0.2) is 4.98 Å². The van der Waals surface area contributed by atoms with E-state index in [4.69, 9.17) is 14.2 Å². The molecule has 8 heteroatoms. The van der Waals surface area contributed by atoms with Crippen molar-refractivity contribution in [3.8, 4) is 23.3 Å². The largest absolute Gasteiger partial charge is 0.493 e. The predicted octanol–water partition coefficient (Wildman–Crippen LogP) is 3.66. The molecule has 1 N–H and O–H groups in total. The molecule has 0 bridgehead atoms. The van der Waals surface area contributed by atoms with Crippen LogP contribution in [0, 0.1) is 11.3 Å². The highest BCUT2D eigenvalue weighted by Gasteiger charge is 2.22. The summed E-state index contributed by atoms with van der Waals surface area (Å²) in [6.45, 7) is 0.124. The third-order valence-corrected chi connectivity index (χ3v) is 6.38. The van der Waals surface area contributed by atoms with Crippen LogP contribution in [0.1, 0.15) is 34.7 Å². The Labute approximate surface area is 170 Å². The SMILES string of the molecule is COc1cc(/C=C(\C#N)c2nc3sc4c(c3c(=O)[nH]2)CCCC4)cc2c1OCO2. The van der Waals surface area contributed by atoms with Crippen LogP contribution in [0.2, 0.25) is 0 Å². The lowest BCUT2D eigenvalue weighted by Gasteiger charge is -2.09. The fraction of sp³-hybridized carbons (Fsp3) is 0.286. The van der Waals surface area contributed by atoms with Crippen LogP contribution in [-0.2, 0) is 12.8 Å². The Hall–Kier alpha value is -3.31. The van der Waals surface area contributed by atoms with Gasteiger partial charge in [-0.1, -0.05) is 0 Å². The Morgan fingerprint density at radius 1 is 1.34 bits per heavy atom. The summed E-state index contributed by atoms with van der Waals surface area (Å²) in [6, 6.07) is 5.67.